The molecule has 0 spiro atoms. The van der Waals surface area contributed by atoms with Gasteiger partial charge in [-0.2, -0.15) is 0 Å². The van der Waals surface area contributed by atoms with Crippen molar-refractivity contribution in [2.24, 2.45) is 34.5 Å². The predicted molar refractivity (Wildman–Crippen MR) is 93.4 cm³/mol. The third kappa shape index (κ3) is 2.13. The second kappa shape index (κ2) is 5.54. The van der Waals surface area contributed by atoms with Crippen molar-refractivity contribution in [3.8, 4) is 0 Å². The number of hydrogen-bond acceptors (Lipinski definition) is 3. The van der Waals surface area contributed by atoms with Gasteiger partial charge in [-0.15, -0.1) is 0 Å². The highest BCUT2D eigenvalue weighted by Gasteiger charge is 2.59. The summed E-state index contributed by atoms with van der Waals surface area (Å²) in [6.07, 6.45) is 11.2. The predicted octanol–water partition coefficient (Wildman–Crippen LogP) is 3.53. The molecule has 0 amide bonds. The Hall–Kier alpha value is -0.930. The van der Waals surface area contributed by atoms with Crippen LogP contribution < -0.4 is 0 Å². The molecule has 0 heterocycles. The molecule has 4 aliphatic carbocycles. The van der Waals surface area contributed by atoms with Crippen molar-refractivity contribution in [2.45, 2.75) is 52.1 Å². The van der Waals surface area contributed by atoms with Crippen molar-refractivity contribution in [1.29, 1.82) is 0 Å². The van der Waals surface area contributed by atoms with Gasteiger partial charge in [0.25, 0.3) is 0 Å². The zero-order chi connectivity index (χ0) is 17.1. The van der Waals surface area contributed by atoms with Crippen molar-refractivity contribution in [3.63, 3.8) is 0 Å². The molecule has 3 fully saturated rings. The number of allylic oxidation sites excluding steroid dienone is 3. The Balaban J connectivity index is 1.74. The van der Waals surface area contributed by atoms with Gasteiger partial charge in [-0.1, -0.05) is 25.5 Å². The lowest BCUT2D eigenvalue weighted by Gasteiger charge is -2.58. The molecule has 0 aromatic heterocycles. The highest BCUT2D eigenvalue weighted by Crippen LogP contribution is 2.65. The minimum atomic E-state index is -0.141. The molecule has 3 saturated carbocycles. The van der Waals surface area contributed by atoms with Crippen LogP contribution in [0.1, 0.15) is 46.0 Å². The van der Waals surface area contributed by atoms with Crippen LogP contribution in [0.4, 0.5) is 0 Å². The fourth-order valence-electron chi connectivity index (χ4n) is 6.75. The number of rotatable bonds is 2. The molecular formula is C21H30O3. The van der Waals surface area contributed by atoms with Gasteiger partial charge in [0.15, 0.2) is 5.78 Å². The summed E-state index contributed by atoms with van der Waals surface area (Å²) in [5, 5.41) is 10.6. The molecule has 0 aromatic carbocycles. The van der Waals surface area contributed by atoms with E-state index in [1.807, 2.05) is 6.08 Å². The Morgan fingerprint density at radius 2 is 2.04 bits per heavy atom. The summed E-state index contributed by atoms with van der Waals surface area (Å²) < 4.78 is 5.52. The molecule has 24 heavy (non-hydrogen) atoms. The number of ether oxygens (including phenoxy) is 1. The van der Waals surface area contributed by atoms with E-state index < -0.39 is 0 Å². The van der Waals surface area contributed by atoms with Gasteiger partial charge in [0.2, 0.25) is 0 Å². The maximum absolute atomic E-state index is 12.0. The van der Waals surface area contributed by atoms with Crippen LogP contribution in [0.15, 0.2) is 23.8 Å². The lowest BCUT2D eigenvalue weighted by Crippen LogP contribution is -2.52. The van der Waals surface area contributed by atoms with Gasteiger partial charge in [0, 0.05) is 18.4 Å². The molecule has 132 valence electrons. The van der Waals surface area contributed by atoms with E-state index in [1.165, 1.54) is 5.57 Å². The fraction of sp³-hybridized carbons (Fsp3) is 0.762. The Morgan fingerprint density at radius 3 is 2.79 bits per heavy atom. The van der Waals surface area contributed by atoms with Crippen LogP contribution >= 0.6 is 0 Å². The minimum absolute atomic E-state index is 0.0190. The summed E-state index contributed by atoms with van der Waals surface area (Å²) in [6.45, 7) is 5.33. The molecular weight excluding hydrogens is 300 g/mol. The van der Waals surface area contributed by atoms with E-state index >= 15 is 0 Å². The zero-order valence-corrected chi connectivity index (χ0v) is 15.1. The first-order valence-electron chi connectivity index (χ1n) is 9.52. The molecule has 3 heteroatoms. The van der Waals surface area contributed by atoms with E-state index in [2.05, 4.69) is 19.9 Å². The van der Waals surface area contributed by atoms with Crippen molar-refractivity contribution in [2.75, 3.05) is 13.7 Å². The molecule has 1 N–H and O–H groups in total. The summed E-state index contributed by atoms with van der Waals surface area (Å²) >= 11 is 0. The molecule has 0 unspecified atom stereocenters. The highest BCUT2D eigenvalue weighted by atomic mass is 16.5. The molecule has 7 atom stereocenters. The average Bonchev–Trinajstić information content (AvgIpc) is 2.85. The van der Waals surface area contributed by atoms with Crippen LogP contribution in [0.25, 0.3) is 0 Å². The molecule has 0 aliphatic heterocycles. The summed E-state index contributed by atoms with van der Waals surface area (Å²) in [5.41, 5.74) is 1.36. The quantitative estimate of drug-likeness (QED) is 0.842. The number of methoxy groups -OCH3 is 1. The third-order valence-electron chi connectivity index (χ3n) is 8.04. The summed E-state index contributed by atoms with van der Waals surface area (Å²) in [6, 6.07) is 0. The normalized spacial score (nSPS) is 50.1. The monoisotopic (exact) mass is 330 g/mol. The maximum Gasteiger partial charge on any atom is 0.178 e. The van der Waals surface area contributed by atoms with Crippen LogP contribution in [0, 0.1) is 34.5 Å². The van der Waals surface area contributed by atoms with Crippen molar-refractivity contribution in [3.05, 3.63) is 23.8 Å². The highest BCUT2D eigenvalue weighted by molar-refractivity contribution is 6.01. The van der Waals surface area contributed by atoms with Gasteiger partial charge >= 0.3 is 0 Å². The van der Waals surface area contributed by atoms with Gasteiger partial charge in [-0.25, -0.2) is 0 Å². The largest absolute Gasteiger partial charge is 0.393 e. The van der Waals surface area contributed by atoms with Crippen LogP contribution in [-0.2, 0) is 9.53 Å². The second-order valence-electron chi connectivity index (χ2n) is 9.02. The number of ketones is 1. The van der Waals surface area contributed by atoms with Crippen molar-refractivity contribution < 1.29 is 14.6 Å². The van der Waals surface area contributed by atoms with E-state index in [4.69, 9.17) is 4.74 Å². The molecule has 0 radical (unpaired) electrons. The van der Waals surface area contributed by atoms with E-state index in [0.29, 0.717) is 30.3 Å². The maximum atomic E-state index is 12.0. The molecule has 0 aromatic rings. The lowest BCUT2D eigenvalue weighted by atomic mass is 9.46. The zero-order valence-electron chi connectivity index (χ0n) is 15.1. The topological polar surface area (TPSA) is 46.5 Å². The van der Waals surface area contributed by atoms with Crippen LogP contribution in [0.3, 0.4) is 0 Å². The molecule has 4 rings (SSSR count). The van der Waals surface area contributed by atoms with Crippen molar-refractivity contribution >= 4 is 5.78 Å². The number of aliphatic hydroxyl groups is 1. The number of aliphatic hydroxyl groups excluding tert-OH is 1. The van der Waals surface area contributed by atoms with Crippen LogP contribution in [0.2, 0.25) is 0 Å². The van der Waals surface area contributed by atoms with E-state index in [-0.39, 0.29) is 22.7 Å². The van der Waals surface area contributed by atoms with E-state index in [9.17, 15) is 9.90 Å². The summed E-state index contributed by atoms with van der Waals surface area (Å²) in [4.78, 5) is 12.0. The SMILES string of the molecule is COC[C@@H]1C[C@H]2[C@@H]3CC[C@H](O)[C@@]3(C)CC[C@@H]2[C@@]2(C)C=CC(=O)C=C12. The molecule has 3 nitrogen and oxygen atoms in total. The number of carbonyl (C=O) groups is 1. The Kier molecular flexibility index (Phi) is 3.81. The Labute approximate surface area is 145 Å². The summed E-state index contributed by atoms with van der Waals surface area (Å²) in [5.74, 6) is 2.27. The lowest BCUT2D eigenvalue weighted by molar-refractivity contribution is -0.111. The Morgan fingerprint density at radius 1 is 1.25 bits per heavy atom. The van der Waals surface area contributed by atoms with Crippen LogP contribution in [0.5, 0.6) is 0 Å². The van der Waals surface area contributed by atoms with Crippen molar-refractivity contribution in [1.82, 2.24) is 0 Å². The average molecular weight is 330 g/mol. The standard InChI is InChI=1S/C21H30O3/c1-20-8-6-14(22)11-18(20)13(12-24-3)10-15-16-4-5-19(23)21(16,2)9-7-17(15)20/h6,8,11,13,15-17,19,23H,4-5,7,9-10,12H2,1-3H3/t13-,15-,16-,17-,19-,20+,21-/m0/s1. The summed E-state index contributed by atoms with van der Waals surface area (Å²) in [7, 11) is 1.76. The smallest absolute Gasteiger partial charge is 0.178 e. The first-order valence-corrected chi connectivity index (χ1v) is 9.52. The van der Waals surface area contributed by atoms with Gasteiger partial charge in [-0.3, -0.25) is 4.79 Å². The van der Waals surface area contributed by atoms with Gasteiger partial charge in [0.05, 0.1) is 12.7 Å². The number of carbonyl (C=O) groups excluding carboxylic acids is 1. The number of fused-ring (bicyclic) bond motifs is 5. The first-order chi connectivity index (χ1) is 11.4. The fourth-order valence-corrected chi connectivity index (χ4v) is 6.75. The first kappa shape index (κ1) is 16.5. The Bertz CT molecular complexity index is 606. The van der Waals surface area contributed by atoms with Gasteiger partial charge in [-0.05, 0) is 67.4 Å². The van der Waals surface area contributed by atoms with Gasteiger partial charge in [0.1, 0.15) is 0 Å². The minimum Gasteiger partial charge on any atom is -0.393 e. The third-order valence-corrected chi connectivity index (χ3v) is 8.04. The molecule has 0 saturated heterocycles. The van der Waals surface area contributed by atoms with Crippen LogP contribution in [-0.4, -0.2) is 30.7 Å². The number of hydrogen-bond donors (Lipinski definition) is 1. The van der Waals surface area contributed by atoms with Gasteiger partial charge < -0.3 is 9.84 Å². The molecule has 4 aliphatic rings. The second-order valence-corrected chi connectivity index (χ2v) is 9.02. The molecule has 0 bridgehead atoms. The van der Waals surface area contributed by atoms with E-state index in [0.717, 1.165) is 32.1 Å². The van der Waals surface area contributed by atoms with E-state index in [1.54, 1.807) is 13.2 Å².